The average molecular weight is 304 g/mol. The van der Waals surface area contributed by atoms with E-state index in [0.717, 1.165) is 43.6 Å². The Morgan fingerprint density at radius 1 is 1.32 bits per heavy atom. The van der Waals surface area contributed by atoms with Crippen molar-refractivity contribution in [2.75, 3.05) is 0 Å². The van der Waals surface area contributed by atoms with E-state index < -0.39 is 11.6 Å². The molecule has 4 nitrogen and oxygen atoms in total. The molecule has 1 aromatic rings. The van der Waals surface area contributed by atoms with E-state index >= 15 is 0 Å². The smallest absolute Gasteiger partial charge is 0.248 e. The normalized spacial score (nSPS) is 29.3. The topological polar surface area (TPSA) is 47.9 Å². The molecule has 0 aromatic heterocycles. The van der Waals surface area contributed by atoms with Gasteiger partial charge >= 0.3 is 0 Å². The van der Waals surface area contributed by atoms with Gasteiger partial charge in [0.05, 0.1) is 6.10 Å². The zero-order valence-corrected chi connectivity index (χ0v) is 13.1. The molecule has 0 radical (unpaired) electrons. The van der Waals surface area contributed by atoms with Gasteiger partial charge < -0.3 is 19.3 Å². The third-order valence-electron chi connectivity index (χ3n) is 4.41. The van der Waals surface area contributed by atoms with Crippen LogP contribution >= 0.6 is 0 Å². The molecule has 0 bridgehead atoms. The van der Waals surface area contributed by atoms with Crippen LogP contribution in [0.15, 0.2) is 36.9 Å². The van der Waals surface area contributed by atoms with Crippen molar-refractivity contribution in [1.82, 2.24) is 0 Å². The second-order valence-electron chi connectivity index (χ2n) is 6.36. The van der Waals surface area contributed by atoms with Crippen LogP contribution in [0.25, 0.3) is 0 Å². The number of fused-ring (bicyclic) bond motifs is 1. The summed E-state index contributed by atoms with van der Waals surface area (Å²) >= 11 is 0. The van der Waals surface area contributed by atoms with Crippen LogP contribution in [0.2, 0.25) is 0 Å². The Morgan fingerprint density at radius 2 is 2.00 bits per heavy atom. The highest BCUT2D eigenvalue weighted by atomic mass is 16.7. The molecule has 120 valence electrons. The number of rotatable bonds is 5. The fourth-order valence-corrected chi connectivity index (χ4v) is 3.20. The molecule has 0 aliphatic carbocycles. The lowest BCUT2D eigenvalue weighted by Gasteiger charge is -2.35. The van der Waals surface area contributed by atoms with Gasteiger partial charge in [0.1, 0.15) is 0 Å². The lowest BCUT2D eigenvalue weighted by molar-refractivity contribution is -0.223. The summed E-state index contributed by atoms with van der Waals surface area (Å²) in [4.78, 5) is 0. The molecule has 4 heteroatoms. The van der Waals surface area contributed by atoms with E-state index in [0.29, 0.717) is 6.42 Å². The maximum absolute atomic E-state index is 10.1. The van der Waals surface area contributed by atoms with Gasteiger partial charge in [0.15, 0.2) is 17.3 Å². The minimum Gasteiger partial charge on any atom is -0.449 e. The highest BCUT2D eigenvalue weighted by molar-refractivity contribution is 5.42. The number of hydrogen-bond acceptors (Lipinski definition) is 4. The number of aliphatic hydroxyl groups is 1. The third-order valence-corrected chi connectivity index (χ3v) is 4.41. The van der Waals surface area contributed by atoms with E-state index in [1.54, 1.807) is 0 Å². The second kappa shape index (κ2) is 5.94. The zero-order valence-electron chi connectivity index (χ0n) is 13.1. The molecule has 0 spiro atoms. The molecule has 1 fully saturated rings. The molecule has 22 heavy (non-hydrogen) atoms. The van der Waals surface area contributed by atoms with Crippen LogP contribution < -0.4 is 9.47 Å². The van der Waals surface area contributed by atoms with Gasteiger partial charge in [-0.2, -0.15) is 0 Å². The minimum absolute atomic E-state index is 0.0733. The van der Waals surface area contributed by atoms with Crippen LogP contribution in [0.4, 0.5) is 0 Å². The Labute approximate surface area is 131 Å². The van der Waals surface area contributed by atoms with Crippen LogP contribution in [0.1, 0.15) is 45.4 Å². The van der Waals surface area contributed by atoms with Gasteiger partial charge in [-0.1, -0.05) is 18.7 Å². The molecule has 0 saturated carbocycles. The van der Waals surface area contributed by atoms with Gasteiger partial charge in [0.2, 0.25) is 5.79 Å². The standard InChI is InChI=1S/C18H24O4/c1-3-18(19)13-7-9-14(20-18)8-6-12-17(2)21-15-10-4-5-11-16(15)22-17/h3-5,10-11,14,19H,1,6-9,12-13H2,2H3. The summed E-state index contributed by atoms with van der Waals surface area (Å²) in [6.45, 7) is 5.62. The molecule has 2 heterocycles. The predicted molar refractivity (Wildman–Crippen MR) is 83.8 cm³/mol. The van der Waals surface area contributed by atoms with Crippen molar-refractivity contribution in [3.8, 4) is 11.5 Å². The Bertz CT molecular complexity index is 517. The number of ether oxygens (including phenoxy) is 3. The van der Waals surface area contributed by atoms with Crippen molar-refractivity contribution in [3.05, 3.63) is 36.9 Å². The number of hydrogen-bond donors (Lipinski definition) is 1. The van der Waals surface area contributed by atoms with Crippen molar-refractivity contribution in [2.45, 2.75) is 63.1 Å². The van der Waals surface area contributed by atoms with E-state index in [4.69, 9.17) is 14.2 Å². The number of para-hydroxylation sites is 2. The van der Waals surface area contributed by atoms with Gasteiger partial charge in [-0.05, 0) is 43.9 Å². The highest BCUT2D eigenvalue weighted by Gasteiger charge is 2.37. The Hall–Kier alpha value is -1.52. The van der Waals surface area contributed by atoms with Crippen molar-refractivity contribution >= 4 is 0 Å². The van der Waals surface area contributed by atoms with Crippen LogP contribution in [-0.2, 0) is 4.74 Å². The fourth-order valence-electron chi connectivity index (χ4n) is 3.20. The first-order chi connectivity index (χ1) is 10.5. The lowest BCUT2D eigenvalue weighted by atomic mass is 9.97. The summed E-state index contributed by atoms with van der Waals surface area (Å²) in [6, 6.07) is 7.74. The van der Waals surface area contributed by atoms with Crippen LogP contribution in [-0.4, -0.2) is 22.8 Å². The van der Waals surface area contributed by atoms with E-state index in [2.05, 4.69) is 6.58 Å². The summed E-state index contributed by atoms with van der Waals surface area (Å²) < 4.78 is 17.6. The summed E-state index contributed by atoms with van der Waals surface area (Å²) in [5, 5.41) is 10.1. The van der Waals surface area contributed by atoms with E-state index in [1.807, 2.05) is 31.2 Å². The Kier molecular flexibility index (Phi) is 4.15. The largest absolute Gasteiger partial charge is 0.449 e. The summed E-state index contributed by atoms with van der Waals surface area (Å²) in [5.74, 6) is -0.142. The van der Waals surface area contributed by atoms with Crippen LogP contribution in [0.3, 0.4) is 0 Å². The van der Waals surface area contributed by atoms with Crippen molar-refractivity contribution < 1.29 is 19.3 Å². The first kappa shape index (κ1) is 15.4. The first-order valence-corrected chi connectivity index (χ1v) is 8.03. The zero-order chi connectivity index (χ0) is 15.6. The van der Waals surface area contributed by atoms with Gasteiger partial charge in [-0.15, -0.1) is 0 Å². The van der Waals surface area contributed by atoms with Crippen molar-refractivity contribution in [2.24, 2.45) is 0 Å². The average Bonchev–Trinajstić information content (AvgIpc) is 2.83. The number of benzene rings is 1. The molecule has 2 aliphatic rings. The molecular weight excluding hydrogens is 280 g/mol. The Balaban J connectivity index is 1.49. The third kappa shape index (κ3) is 3.28. The molecule has 1 aromatic carbocycles. The second-order valence-corrected chi connectivity index (χ2v) is 6.36. The van der Waals surface area contributed by atoms with Crippen LogP contribution in [0, 0.1) is 0 Å². The molecule has 0 amide bonds. The summed E-state index contributed by atoms with van der Waals surface area (Å²) in [6.07, 6.45) is 6.74. The van der Waals surface area contributed by atoms with Gasteiger partial charge in [-0.25, -0.2) is 0 Å². The molecule has 1 N–H and O–H groups in total. The maximum Gasteiger partial charge on any atom is 0.248 e. The van der Waals surface area contributed by atoms with Crippen molar-refractivity contribution in [1.29, 1.82) is 0 Å². The fraction of sp³-hybridized carbons (Fsp3) is 0.556. The van der Waals surface area contributed by atoms with Crippen LogP contribution in [0.5, 0.6) is 11.5 Å². The minimum atomic E-state index is -1.15. The molecule has 2 atom stereocenters. The van der Waals surface area contributed by atoms with Crippen molar-refractivity contribution in [3.63, 3.8) is 0 Å². The Morgan fingerprint density at radius 3 is 2.64 bits per heavy atom. The van der Waals surface area contributed by atoms with Gasteiger partial charge in [0, 0.05) is 19.8 Å². The highest BCUT2D eigenvalue weighted by Crippen LogP contribution is 2.41. The molecule has 1 saturated heterocycles. The van der Waals surface area contributed by atoms with Gasteiger partial charge in [0.25, 0.3) is 0 Å². The molecular formula is C18H24O4. The molecule has 2 aliphatic heterocycles. The SMILES string of the molecule is C=CC1(O)CCCC(CCCC2(C)Oc3ccccc3O2)O1. The quantitative estimate of drug-likeness (QED) is 0.841. The van der Waals surface area contributed by atoms with Gasteiger partial charge in [-0.3, -0.25) is 0 Å². The summed E-state index contributed by atoms with van der Waals surface area (Å²) in [5.41, 5.74) is 0. The maximum atomic E-state index is 10.1. The molecule has 3 rings (SSSR count). The van der Waals surface area contributed by atoms with E-state index in [-0.39, 0.29) is 6.10 Å². The first-order valence-electron chi connectivity index (χ1n) is 8.03. The van der Waals surface area contributed by atoms with E-state index in [9.17, 15) is 5.11 Å². The van der Waals surface area contributed by atoms with E-state index in [1.165, 1.54) is 6.08 Å². The monoisotopic (exact) mass is 304 g/mol. The summed E-state index contributed by atoms with van der Waals surface area (Å²) in [7, 11) is 0. The molecule has 2 unspecified atom stereocenters. The lowest BCUT2D eigenvalue weighted by Crippen LogP contribution is -2.39. The predicted octanol–water partition coefficient (Wildman–Crippen LogP) is 3.79.